The van der Waals surface area contributed by atoms with E-state index in [-0.39, 0.29) is 0 Å². The van der Waals surface area contributed by atoms with E-state index < -0.39 is 23.4 Å². The van der Waals surface area contributed by atoms with Crippen LogP contribution in [0.5, 0.6) is 0 Å². The fourth-order valence-electron chi connectivity index (χ4n) is 1.95. The number of nitrogens with zero attached hydrogens (tertiary/aromatic N) is 2. The minimum absolute atomic E-state index is 0.466. The summed E-state index contributed by atoms with van der Waals surface area (Å²) in [7, 11) is 0. The van der Waals surface area contributed by atoms with Crippen molar-refractivity contribution in [2.75, 3.05) is 13.1 Å². The second-order valence-electron chi connectivity index (χ2n) is 7.27. The molecular weight excluding hydrogens is 272 g/mol. The Hall–Kier alpha value is -1.46. The summed E-state index contributed by atoms with van der Waals surface area (Å²) >= 11 is 0. The van der Waals surface area contributed by atoms with Crippen LogP contribution in [0.3, 0.4) is 0 Å². The summed E-state index contributed by atoms with van der Waals surface area (Å²) in [5, 5.41) is 2.73. The first kappa shape index (κ1) is 17.6. The van der Waals surface area contributed by atoms with Gasteiger partial charge in [-0.25, -0.2) is 19.6 Å². The van der Waals surface area contributed by atoms with Crippen LogP contribution in [0, 0.1) is 0 Å². The zero-order valence-corrected chi connectivity index (χ0v) is 14.1. The maximum atomic E-state index is 12.3. The molecule has 2 amide bonds. The summed E-state index contributed by atoms with van der Waals surface area (Å²) in [6.07, 6.45) is 1.65. The van der Waals surface area contributed by atoms with Gasteiger partial charge in [-0.3, -0.25) is 0 Å². The van der Waals surface area contributed by atoms with E-state index in [0.29, 0.717) is 13.1 Å². The van der Waals surface area contributed by atoms with E-state index in [2.05, 4.69) is 0 Å². The molecule has 0 spiro atoms. The quantitative estimate of drug-likeness (QED) is 0.686. The summed E-state index contributed by atoms with van der Waals surface area (Å²) in [6, 6.07) is 0. The number of ether oxygens (including phenoxy) is 2. The molecule has 0 aromatic heterocycles. The molecule has 21 heavy (non-hydrogen) atoms. The number of amides is 2. The predicted molar refractivity (Wildman–Crippen MR) is 79.7 cm³/mol. The Kier molecular flexibility index (Phi) is 5.48. The molecule has 0 N–H and O–H groups in total. The Morgan fingerprint density at radius 2 is 1.05 bits per heavy atom. The summed E-state index contributed by atoms with van der Waals surface area (Å²) < 4.78 is 10.8. The Balaban J connectivity index is 2.85. The van der Waals surface area contributed by atoms with Gasteiger partial charge in [0, 0.05) is 13.1 Å². The van der Waals surface area contributed by atoms with Gasteiger partial charge in [0.2, 0.25) is 0 Å². The molecule has 1 aliphatic rings. The van der Waals surface area contributed by atoms with Gasteiger partial charge in [-0.15, -0.1) is 0 Å². The molecule has 0 saturated carbocycles. The largest absolute Gasteiger partial charge is 0.442 e. The lowest BCUT2D eigenvalue weighted by atomic mass is 10.2. The number of hydrazine groups is 1. The average Bonchev–Trinajstić information content (AvgIpc) is 2.48. The lowest BCUT2D eigenvalue weighted by Crippen LogP contribution is -2.52. The SMILES string of the molecule is CC(C)(C)OC(=O)N1CCCCCN1C(=O)OC(C)(C)C. The van der Waals surface area contributed by atoms with Gasteiger partial charge in [0.1, 0.15) is 11.2 Å². The van der Waals surface area contributed by atoms with Gasteiger partial charge in [0.15, 0.2) is 0 Å². The maximum absolute atomic E-state index is 12.3. The summed E-state index contributed by atoms with van der Waals surface area (Å²) in [5.41, 5.74) is -1.19. The van der Waals surface area contributed by atoms with E-state index in [9.17, 15) is 9.59 Å². The molecular formula is C15H28N2O4. The zero-order chi connectivity index (χ0) is 16.3. The minimum Gasteiger partial charge on any atom is -0.442 e. The molecule has 0 aromatic carbocycles. The van der Waals surface area contributed by atoms with E-state index in [0.717, 1.165) is 19.3 Å². The summed E-state index contributed by atoms with van der Waals surface area (Å²) in [6.45, 7) is 11.8. The van der Waals surface area contributed by atoms with Crippen LogP contribution in [0.1, 0.15) is 60.8 Å². The van der Waals surface area contributed by atoms with Crippen molar-refractivity contribution in [1.82, 2.24) is 10.0 Å². The second kappa shape index (κ2) is 6.54. The van der Waals surface area contributed by atoms with E-state index in [1.54, 1.807) is 41.5 Å². The van der Waals surface area contributed by atoms with E-state index in [1.807, 2.05) is 0 Å². The molecule has 0 aromatic rings. The van der Waals surface area contributed by atoms with Gasteiger partial charge in [0.05, 0.1) is 0 Å². The summed E-state index contributed by atoms with van der Waals surface area (Å²) in [4.78, 5) is 24.6. The Bertz CT molecular complexity index is 346. The van der Waals surface area contributed by atoms with Crippen molar-refractivity contribution in [2.24, 2.45) is 0 Å². The first-order valence-electron chi connectivity index (χ1n) is 7.50. The van der Waals surface area contributed by atoms with Crippen LogP contribution in [0.2, 0.25) is 0 Å². The van der Waals surface area contributed by atoms with Crippen LogP contribution in [-0.2, 0) is 9.47 Å². The number of rotatable bonds is 0. The van der Waals surface area contributed by atoms with Crippen LogP contribution in [0.25, 0.3) is 0 Å². The van der Waals surface area contributed by atoms with Crippen molar-refractivity contribution in [2.45, 2.75) is 72.0 Å². The van der Waals surface area contributed by atoms with Gasteiger partial charge in [0.25, 0.3) is 0 Å². The molecule has 0 aliphatic carbocycles. The Labute approximate surface area is 127 Å². The van der Waals surface area contributed by atoms with Crippen LogP contribution in [0.4, 0.5) is 9.59 Å². The monoisotopic (exact) mass is 300 g/mol. The van der Waals surface area contributed by atoms with Gasteiger partial charge in [-0.05, 0) is 60.8 Å². The van der Waals surface area contributed by atoms with E-state index in [4.69, 9.17) is 9.47 Å². The molecule has 6 heteroatoms. The topological polar surface area (TPSA) is 59.1 Å². The zero-order valence-electron chi connectivity index (χ0n) is 14.1. The van der Waals surface area contributed by atoms with E-state index >= 15 is 0 Å². The molecule has 1 fully saturated rings. The van der Waals surface area contributed by atoms with Gasteiger partial charge in [-0.1, -0.05) is 0 Å². The fourth-order valence-corrected chi connectivity index (χ4v) is 1.95. The molecule has 0 atom stereocenters. The highest BCUT2D eigenvalue weighted by molar-refractivity contribution is 5.74. The number of carbonyl (C=O) groups is 2. The third-order valence-corrected chi connectivity index (χ3v) is 2.74. The van der Waals surface area contributed by atoms with Crippen molar-refractivity contribution >= 4 is 12.2 Å². The van der Waals surface area contributed by atoms with Crippen LogP contribution in [0.15, 0.2) is 0 Å². The summed E-state index contributed by atoms with van der Waals surface area (Å²) in [5.74, 6) is 0. The molecule has 1 heterocycles. The number of carbonyl (C=O) groups excluding carboxylic acids is 2. The van der Waals surface area contributed by atoms with Crippen LogP contribution in [-0.4, -0.2) is 46.5 Å². The van der Waals surface area contributed by atoms with Crippen molar-refractivity contribution < 1.29 is 19.1 Å². The fraction of sp³-hybridized carbons (Fsp3) is 0.867. The van der Waals surface area contributed by atoms with Crippen LogP contribution < -0.4 is 0 Å². The van der Waals surface area contributed by atoms with Crippen molar-refractivity contribution in [3.05, 3.63) is 0 Å². The highest BCUT2D eigenvalue weighted by atomic mass is 16.6. The van der Waals surface area contributed by atoms with E-state index in [1.165, 1.54) is 10.0 Å². The van der Waals surface area contributed by atoms with Gasteiger partial charge >= 0.3 is 12.2 Å². The number of hydrogen-bond donors (Lipinski definition) is 0. The molecule has 6 nitrogen and oxygen atoms in total. The van der Waals surface area contributed by atoms with Crippen molar-refractivity contribution in [1.29, 1.82) is 0 Å². The van der Waals surface area contributed by atoms with Gasteiger partial charge in [-0.2, -0.15) is 0 Å². The molecule has 0 bridgehead atoms. The smallest absolute Gasteiger partial charge is 0.429 e. The first-order valence-corrected chi connectivity index (χ1v) is 7.50. The molecule has 1 rings (SSSR count). The standard InChI is InChI=1S/C15H28N2O4/c1-14(2,3)20-12(18)16-10-8-7-9-11-17(16)13(19)21-15(4,5)6/h7-11H2,1-6H3. The lowest BCUT2D eigenvalue weighted by molar-refractivity contribution is -0.0589. The maximum Gasteiger partial charge on any atom is 0.429 e. The third kappa shape index (κ3) is 6.23. The van der Waals surface area contributed by atoms with Crippen LogP contribution >= 0.6 is 0 Å². The molecule has 1 saturated heterocycles. The highest BCUT2D eigenvalue weighted by Crippen LogP contribution is 2.19. The van der Waals surface area contributed by atoms with Crippen molar-refractivity contribution in [3.63, 3.8) is 0 Å². The second-order valence-corrected chi connectivity index (χ2v) is 7.27. The first-order chi connectivity index (χ1) is 9.49. The lowest BCUT2D eigenvalue weighted by Gasteiger charge is -2.35. The molecule has 1 aliphatic heterocycles. The normalized spacial score (nSPS) is 17.2. The van der Waals surface area contributed by atoms with Gasteiger partial charge < -0.3 is 9.47 Å². The predicted octanol–water partition coefficient (Wildman–Crippen LogP) is 3.56. The Morgan fingerprint density at radius 1 is 0.714 bits per heavy atom. The Morgan fingerprint density at radius 3 is 1.33 bits per heavy atom. The number of hydrogen-bond acceptors (Lipinski definition) is 4. The molecule has 122 valence electrons. The average molecular weight is 300 g/mol. The minimum atomic E-state index is -0.594. The third-order valence-electron chi connectivity index (χ3n) is 2.74. The molecule has 0 unspecified atom stereocenters. The molecule has 0 radical (unpaired) electrons. The van der Waals surface area contributed by atoms with Crippen molar-refractivity contribution in [3.8, 4) is 0 Å². The highest BCUT2D eigenvalue weighted by Gasteiger charge is 2.33.